The first kappa shape index (κ1) is 16.5. The van der Waals surface area contributed by atoms with E-state index in [0.717, 1.165) is 18.7 Å². The van der Waals surface area contributed by atoms with Crippen LogP contribution < -0.4 is 5.32 Å². The Labute approximate surface area is 132 Å². The number of nitrogens with zero attached hydrogens (tertiary/aromatic N) is 2. The van der Waals surface area contributed by atoms with Crippen molar-refractivity contribution in [3.8, 4) is 0 Å². The Morgan fingerprint density at radius 1 is 1.09 bits per heavy atom. The second-order valence-corrected chi connectivity index (χ2v) is 6.02. The normalized spacial score (nSPS) is 15.9. The van der Waals surface area contributed by atoms with E-state index in [4.69, 9.17) is 0 Å². The van der Waals surface area contributed by atoms with Crippen LogP contribution in [0.15, 0.2) is 30.3 Å². The second-order valence-electron chi connectivity index (χ2n) is 6.02. The highest BCUT2D eigenvalue weighted by atomic mass is 16.2. The van der Waals surface area contributed by atoms with E-state index in [9.17, 15) is 9.59 Å². The highest BCUT2D eigenvalue weighted by Crippen LogP contribution is 2.07. The van der Waals surface area contributed by atoms with Crippen molar-refractivity contribution in [3.05, 3.63) is 35.9 Å². The van der Waals surface area contributed by atoms with Crippen molar-refractivity contribution in [3.63, 3.8) is 0 Å². The lowest BCUT2D eigenvalue weighted by molar-refractivity contribution is -0.136. The van der Waals surface area contributed by atoms with Gasteiger partial charge >= 0.3 is 0 Å². The van der Waals surface area contributed by atoms with Crippen LogP contribution in [-0.2, 0) is 16.1 Å². The molecule has 0 unspecified atom stereocenters. The lowest BCUT2D eigenvalue weighted by atomic mass is 10.1. The first-order chi connectivity index (χ1) is 10.6. The van der Waals surface area contributed by atoms with E-state index in [1.54, 1.807) is 0 Å². The zero-order chi connectivity index (χ0) is 15.9. The molecule has 1 aromatic carbocycles. The van der Waals surface area contributed by atoms with E-state index in [1.165, 1.54) is 0 Å². The summed E-state index contributed by atoms with van der Waals surface area (Å²) >= 11 is 0. The minimum absolute atomic E-state index is 0.0347. The van der Waals surface area contributed by atoms with E-state index >= 15 is 0 Å². The highest BCUT2D eigenvalue weighted by Gasteiger charge is 2.23. The Morgan fingerprint density at radius 2 is 1.73 bits per heavy atom. The SMILES string of the molecule is CC(C)C(=O)N1CCN(CC(=O)NCc2ccccc2)CC1. The maximum Gasteiger partial charge on any atom is 0.234 e. The van der Waals surface area contributed by atoms with Crippen LogP contribution in [0.5, 0.6) is 0 Å². The number of rotatable bonds is 5. The number of carbonyl (C=O) groups is 2. The Bertz CT molecular complexity index is 494. The lowest BCUT2D eigenvalue weighted by Gasteiger charge is -2.35. The second kappa shape index (κ2) is 7.94. The average molecular weight is 303 g/mol. The predicted molar refractivity (Wildman–Crippen MR) is 86.1 cm³/mol. The molecule has 22 heavy (non-hydrogen) atoms. The number of amides is 2. The number of benzene rings is 1. The highest BCUT2D eigenvalue weighted by molar-refractivity contribution is 5.79. The van der Waals surface area contributed by atoms with Crippen LogP contribution in [0.4, 0.5) is 0 Å². The van der Waals surface area contributed by atoms with Crippen LogP contribution in [0, 0.1) is 5.92 Å². The molecule has 0 aliphatic carbocycles. The molecular formula is C17H25N3O2. The van der Waals surface area contributed by atoms with Crippen LogP contribution in [0.25, 0.3) is 0 Å². The van der Waals surface area contributed by atoms with Crippen molar-refractivity contribution in [1.82, 2.24) is 15.1 Å². The van der Waals surface area contributed by atoms with Gasteiger partial charge in [0.25, 0.3) is 0 Å². The molecule has 1 aromatic rings. The molecule has 1 aliphatic heterocycles. The molecule has 5 heteroatoms. The quantitative estimate of drug-likeness (QED) is 0.886. The van der Waals surface area contributed by atoms with Gasteiger partial charge in [-0.2, -0.15) is 0 Å². The zero-order valence-electron chi connectivity index (χ0n) is 13.4. The standard InChI is InChI=1S/C17H25N3O2/c1-14(2)17(22)20-10-8-19(9-11-20)13-16(21)18-12-15-6-4-3-5-7-15/h3-7,14H,8-13H2,1-2H3,(H,18,21). The Morgan fingerprint density at radius 3 is 2.32 bits per heavy atom. The van der Waals surface area contributed by atoms with E-state index in [-0.39, 0.29) is 17.7 Å². The largest absolute Gasteiger partial charge is 0.351 e. The van der Waals surface area contributed by atoms with Gasteiger partial charge in [0.2, 0.25) is 11.8 Å². The number of hydrogen-bond acceptors (Lipinski definition) is 3. The predicted octanol–water partition coefficient (Wildman–Crippen LogP) is 1.10. The smallest absolute Gasteiger partial charge is 0.234 e. The van der Waals surface area contributed by atoms with Crippen molar-refractivity contribution in [2.75, 3.05) is 32.7 Å². The number of piperazine rings is 1. The first-order valence-electron chi connectivity index (χ1n) is 7.88. The molecule has 1 fully saturated rings. The van der Waals surface area contributed by atoms with E-state index in [1.807, 2.05) is 49.1 Å². The summed E-state index contributed by atoms with van der Waals surface area (Å²) in [6.45, 7) is 7.75. The third-order valence-electron chi connectivity index (χ3n) is 3.88. The molecule has 0 radical (unpaired) electrons. The first-order valence-corrected chi connectivity index (χ1v) is 7.88. The van der Waals surface area contributed by atoms with E-state index in [0.29, 0.717) is 26.2 Å². The van der Waals surface area contributed by atoms with E-state index in [2.05, 4.69) is 10.2 Å². The Hall–Kier alpha value is -1.88. The number of hydrogen-bond donors (Lipinski definition) is 1. The summed E-state index contributed by atoms with van der Waals surface area (Å²) in [5, 5.41) is 2.94. The minimum atomic E-state index is 0.0347. The summed E-state index contributed by atoms with van der Waals surface area (Å²) < 4.78 is 0. The van der Waals surface area contributed by atoms with Crippen LogP contribution >= 0.6 is 0 Å². The Balaban J connectivity index is 1.69. The molecule has 120 valence electrons. The van der Waals surface area contributed by atoms with Crippen LogP contribution in [0.3, 0.4) is 0 Å². The van der Waals surface area contributed by atoms with Crippen molar-refractivity contribution in [2.24, 2.45) is 5.92 Å². The lowest BCUT2D eigenvalue weighted by Crippen LogP contribution is -2.51. The maximum absolute atomic E-state index is 12.0. The number of nitrogens with one attached hydrogen (secondary N) is 1. The van der Waals surface area contributed by atoms with E-state index < -0.39 is 0 Å². The summed E-state index contributed by atoms with van der Waals surface area (Å²) in [6.07, 6.45) is 0. The van der Waals surface area contributed by atoms with Gasteiger partial charge in [-0.25, -0.2) is 0 Å². The summed E-state index contributed by atoms with van der Waals surface area (Å²) in [6, 6.07) is 9.88. The molecule has 1 heterocycles. The van der Waals surface area contributed by atoms with Gasteiger partial charge in [0.05, 0.1) is 6.54 Å². The van der Waals surface area contributed by atoms with Crippen LogP contribution in [0.1, 0.15) is 19.4 Å². The summed E-state index contributed by atoms with van der Waals surface area (Å²) in [4.78, 5) is 27.9. The molecule has 0 bridgehead atoms. The van der Waals surface area contributed by atoms with Gasteiger partial charge in [0.15, 0.2) is 0 Å². The van der Waals surface area contributed by atoms with Crippen molar-refractivity contribution in [1.29, 1.82) is 0 Å². The molecule has 1 aliphatic rings. The summed E-state index contributed by atoms with van der Waals surface area (Å²) in [7, 11) is 0. The molecular weight excluding hydrogens is 278 g/mol. The van der Waals surface area contributed by atoms with Gasteiger partial charge in [0, 0.05) is 38.6 Å². The van der Waals surface area contributed by atoms with Crippen molar-refractivity contribution >= 4 is 11.8 Å². The maximum atomic E-state index is 12.0. The molecule has 1 N–H and O–H groups in total. The fourth-order valence-corrected chi connectivity index (χ4v) is 2.55. The number of carbonyl (C=O) groups excluding carboxylic acids is 2. The molecule has 0 saturated carbocycles. The molecule has 0 aromatic heterocycles. The summed E-state index contributed by atoms with van der Waals surface area (Å²) in [5.41, 5.74) is 1.10. The third-order valence-corrected chi connectivity index (χ3v) is 3.88. The van der Waals surface area contributed by atoms with Gasteiger partial charge < -0.3 is 10.2 Å². The van der Waals surface area contributed by atoms with Gasteiger partial charge in [-0.15, -0.1) is 0 Å². The van der Waals surface area contributed by atoms with Crippen LogP contribution in [0.2, 0.25) is 0 Å². The molecule has 2 amide bonds. The van der Waals surface area contributed by atoms with Crippen molar-refractivity contribution < 1.29 is 9.59 Å². The zero-order valence-corrected chi connectivity index (χ0v) is 13.4. The topological polar surface area (TPSA) is 52.7 Å². The fraction of sp³-hybridized carbons (Fsp3) is 0.529. The summed E-state index contributed by atoms with van der Waals surface area (Å²) in [5.74, 6) is 0.279. The van der Waals surface area contributed by atoms with Gasteiger partial charge in [-0.3, -0.25) is 14.5 Å². The monoisotopic (exact) mass is 303 g/mol. The average Bonchev–Trinajstić information content (AvgIpc) is 2.54. The van der Waals surface area contributed by atoms with Gasteiger partial charge in [0.1, 0.15) is 0 Å². The Kier molecular flexibility index (Phi) is 5.95. The third kappa shape index (κ3) is 4.84. The van der Waals surface area contributed by atoms with Gasteiger partial charge in [-0.05, 0) is 5.56 Å². The fourth-order valence-electron chi connectivity index (χ4n) is 2.55. The van der Waals surface area contributed by atoms with Gasteiger partial charge in [-0.1, -0.05) is 44.2 Å². The molecule has 0 spiro atoms. The molecule has 1 saturated heterocycles. The van der Waals surface area contributed by atoms with Crippen molar-refractivity contribution in [2.45, 2.75) is 20.4 Å². The molecule has 5 nitrogen and oxygen atoms in total. The molecule has 2 rings (SSSR count). The molecule has 0 atom stereocenters. The van der Waals surface area contributed by atoms with Crippen LogP contribution in [-0.4, -0.2) is 54.3 Å². The minimum Gasteiger partial charge on any atom is -0.351 e.